The number of benzene rings is 1. The molecule has 0 aliphatic rings. The van der Waals surface area contributed by atoms with Gasteiger partial charge in [0.15, 0.2) is 0 Å². The van der Waals surface area contributed by atoms with Crippen LogP contribution < -0.4 is 5.46 Å². The SMILES string of the molecule is [B]c1cccc2c1ccn2C(C)C. The minimum atomic E-state index is 0.485. The minimum Gasteiger partial charge on any atom is -0.345 e. The Morgan fingerprint density at radius 1 is 1.23 bits per heavy atom. The fourth-order valence-corrected chi connectivity index (χ4v) is 1.66. The van der Waals surface area contributed by atoms with Gasteiger partial charge in [0, 0.05) is 17.8 Å². The van der Waals surface area contributed by atoms with Gasteiger partial charge >= 0.3 is 0 Å². The summed E-state index contributed by atoms with van der Waals surface area (Å²) in [6, 6.07) is 8.60. The van der Waals surface area contributed by atoms with Gasteiger partial charge in [0.1, 0.15) is 7.85 Å². The van der Waals surface area contributed by atoms with Crippen LogP contribution in [0, 0.1) is 0 Å². The van der Waals surface area contributed by atoms with Crippen molar-refractivity contribution >= 4 is 24.2 Å². The van der Waals surface area contributed by atoms with E-state index in [2.05, 4.69) is 36.7 Å². The van der Waals surface area contributed by atoms with Gasteiger partial charge in [-0.1, -0.05) is 17.6 Å². The van der Waals surface area contributed by atoms with Gasteiger partial charge in [-0.3, -0.25) is 0 Å². The summed E-state index contributed by atoms with van der Waals surface area (Å²) in [4.78, 5) is 0. The summed E-state index contributed by atoms with van der Waals surface area (Å²) < 4.78 is 2.23. The van der Waals surface area contributed by atoms with Crippen LogP contribution >= 0.6 is 0 Å². The molecule has 64 valence electrons. The molecular formula is C11H12BN. The maximum atomic E-state index is 5.86. The van der Waals surface area contributed by atoms with Gasteiger partial charge in [-0.2, -0.15) is 0 Å². The molecule has 0 saturated carbocycles. The number of rotatable bonds is 1. The normalized spacial score (nSPS) is 11.3. The van der Waals surface area contributed by atoms with E-state index in [9.17, 15) is 0 Å². The van der Waals surface area contributed by atoms with E-state index in [4.69, 9.17) is 7.85 Å². The van der Waals surface area contributed by atoms with Gasteiger partial charge < -0.3 is 4.57 Å². The molecule has 1 aromatic carbocycles. The quantitative estimate of drug-likeness (QED) is 0.575. The van der Waals surface area contributed by atoms with E-state index in [1.165, 1.54) is 5.52 Å². The third kappa shape index (κ3) is 1.26. The first-order valence-electron chi connectivity index (χ1n) is 4.55. The first kappa shape index (κ1) is 8.42. The van der Waals surface area contributed by atoms with E-state index in [-0.39, 0.29) is 0 Å². The maximum Gasteiger partial charge on any atom is 0.114 e. The van der Waals surface area contributed by atoms with Crippen LogP contribution in [0.5, 0.6) is 0 Å². The molecule has 2 aromatic rings. The second-order valence-electron chi connectivity index (χ2n) is 3.60. The Hall–Kier alpha value is -1.18. The predicted molar refractivity (Wildman–Crippen MR) is 57.7 cm³/mol. The zero-order valence-electron chi connectivity index (χ0n) is 7.99. The lowest BCUT2D eigenvalue weighted by Crippen LogP contribution is -2.03. The lowest BCUT2D eigenvalue weighted by molar-refractivity contribution is 0.623. The van der Waals surface area contributed by atoms with Crippen molar-refractivity contribution in [3.05, 3.63) is 30.5 Å². The van der Waals surface area contributed by atoms with Crippen molar-refractivity contribution in [2.24, 2.45) is 0 Å². The van der Waals surface area contributed by atoms with Crippen molar-refractivity contribution in [2.45, 2.75) is 19.9 Å². The fourth-order valence-electron chi connectivity index (χ4n) is 1.66. The molecular weight excluding hydrogens is 157 g/mol. The Morgan fingerprint density at radius 2 is 2.00 bits per heavy atom. The highest BCUT2D eigenvalue weighted by atomic mass is 15.0. The van der Waals surface area contributed by atoms with Crippen molar-refractivity contribution in [3.63, 3.8) is 0 Å². The number of hydrogen-bond donors (Lipinski definition) is 0. The van der Waals surface area contributed by atoms with Crippen molar-refractivity contribution in [2.75, 3.05) is 0 Å². The van der Waals surface area contributed by atoms with Crippen LogP contribution in [0.25, 0.3) is 10.9 Å². The van der Waals surface area contributed by atoms with Gasteiger partial charge in [-0.05, 0) is 31.4 Å². The van der Waals surface area contributed by atoms with Crippen LogP contribution in [0.3, 0.4) is 0 Å². The minimum absolute atomic E-state index is 0.485. The lowest BCUT2D eigenvalue weighted by Gasteiger charge is -2.09. The van der Waals surface area contributed by atoms with Crippen LogP contribution in [-0.2, 0) is 0 Å². The monoisotopic (exact) mass is 169 g/mol. The zero-order valence-corrected chi connectivity index (χ0v) is 7.99. The molecule has 0 aliphatic carbocycles. The molecule has 2 radical (unpaired) electrons. The van der Waals surface area contributed by atoms with Gasteiger partial charge in [0.2, 0.25) is 0 Å². The van der Waals surface area contributed by atoms with Gasteiger partial charge in [0.25, 0.3) is 0 Å². The van der Waals surface area contributed by atoms with Crippen molar-refractivity contribution < 1.29 is 0 Å². The maximum absolute atomic E-state index is 5.86. The average molecular weight is 169 g/mol. The Balaban J connectivity index is 2.75. The molecule has 0 fully saturated rings. The molecule has 2 rings (SSSR count). The van der Waals surface area contributed by atoms with E-state index in [0.717, 1.165) is 10.8 Å². The van der Waals surface area contributed by atoms with Gasteiger partial charge in [-0.25, -0.2) is 0 Å². The summed E-state index contributed by atoms with van der Waals surface area (Å²) in [5.41, 5.74) is 2.08. The highest BCUT2D eigenvalue weighted by molar-refractivity contribution is 6.38. The molecule has 0 unspecified atom stereocenters. The Bertz CT molecular complexity index is 429. The number of fused-ring (bicyclic) bond motifs is 1. The van der Waals surface area contributed by atoms with Gasteiger partial charge in [0.05, 0.1) is 0 Å². The highest BCUT2D eigenvalue weighted by Crippen LogP contribution is 2.17. The molecule has 0 saturated heterocycles. The third-order valence-corrected chi connectivity index (χ3v) is 2.35. The molecule has 0 bridgehead atoms. The fraction of sp³-hybridized carbons (Fsp3) is 0.273. The van der Waals surface area contributed by atoms with Crippen LogP contribution in [0.4, 0.5) is 0 Å². The Labute approximate surface area is 79.8 Å². The molecule has 1 heterocycles. The summed E-state index contributed by atoms with van der Waals surface area (Å²) in [5.74, 6) is 0. The molecule has 1 aromatic heterocycles. The van der Waals surface area contributed by atoms with Crippen molar-refractivity contribution in [1.29, 1.82) is 0 Å². The molecule has 0 amide bonds. The smallest absolute Gasteiger partial charge is 0.114 e. The molecule has 2 heteroatoms. The van der Waals surface area contributed by atoms with Crippen LogP contribution in [0.2, 0.25) is 0 Å². The van der Waals surface area contributed by atoms with E-state index in [0.29, 0.717) is 6.04 Å². The Kier molecular flexibility index (Phi) is 1.91. The standard InChI is InChI=1S/C11H12BN/c1-8(2)13-7-6-9-10(12)4-3-5-11(9)13/h3-8H,1-2H3. The van der Waals surface area contributed by atoms with Crippen molar-refractivity contribution in [3.8, 4) is 0 Å². The summed E-state index contributed by atoms with van der Waals surface area (Å²) in [6.45, 7) is 4.34. The Morgan fingerprint density at radius 3 is 2.69 bits per heavy atom. The second-order valence-corrected chi connectivity index (χ2v) is 3.60. The van der Waals surface area contributed by atoms with Crippen molar-refractivity contribution in [1.82, 2.24) is 4.57 Å². The summed E-state index contributed by atoms with van der Waals surface area (Å²) in [5, 5.41) is 1.15. The molecule has 0 aliphatic heterocycles. The summed E-state index contributed by atoms with van der Waals surface area (Å²) in [6.07, 6.45) is 2.09. The van der Waals surface area contributed by atoms with Crippen LogP contribution in [0.15, 0.2) is 30.5 Å². The number of aromatic nitrogens is 1. The summed E-state index contributed by atoms with van der Waals surface area (Å²) in [7, 11) is 5.86. The molecule has 1 nitrogen and oxygen atoms in total. The molecule has 0 atom stereocenters. The van der Waals surface area contributed by atoms with Gasteiger partial charge in [-0.15, -0.1) is 0 Å². The topological polar surface area (TPSA) is 4.93 Å². The van der Waals surface area contributed by atoms with E-state index in [1.807, 2.05) is 12.1 Å². The van der Waals surface area contributed by atoms with E-state index in [1.54, 1.807) is 0 Å². The highest BCUT2D eigenvalue weighted by Gasteiger charge is 2.03. The number of nitrogens with zero attached hydrogens (tertiary/aromatic N) is 1. The van der Waals surface area contributed by atoms with E-state index < -0.39 is 0 Å². The third-order valence-electron chi connectivity index (χ3n) is 2.35. The average Bonchev–Trinajstić information content (AvgIpc) is 2.48. The number of hydrogen-bond acceptors (Lipinski definition) is 0. The molecule has 13 heavy (non-hydrogen) atoms. The largest absolute Gasteiger partial charge is 0.345 e. The summed E-state index contributed by atoms with van der Waals surface area (Å²) >= 11 is 0. The van der Waals surface area contributed by atoms with Crippen LogP contribution in [-0.4, -0.2) is 12.4 Å². The lowest BCUT2D eigenvalue weighted by atomic mass is 9.93. The molecule has 0 N–H and O–H groups in total. The first-order chi connectivity index (χ1) is 6.20. The van der Waals surface area contributed by atoms with Crippen LogP contribution in [0.1, 0.15) is 19.9 Å². The van der Waals surface area contributed by atoms with E-state index >= 15 is 0 Å². The molecule has 0 spiro atoms. The second kappa shape index (κ2) is 2.95. The predicted octanol–water partition coefficient (Wildman–Crippen LogP) is 2.02. The first-order valence-corrected chi connectivity index (χ1v) is 4.55. The zero-order chi connectivity index (χ0) is 9.42.